The molecule has 0 unspecified atom stereocenters. The number of carbonyl (C=O) groups is 1. The molecular formula is C6H17BO3. The first kappa shape index (κ1) is 12.3. The topological polar surface area (TPSA) is 35.5 Å². The third-order valence-electron chi connectivity index (χ3n) is 0.664. The average Bonchev–Trinajstić information content (AvgIpc) is 1.85. The molecule has 3 nitrogen and oxygen atoms in total. The molecule has 0 saturated carbocycles. The molecule has 0 N–H and O–H groups in total. The van der Waals surface area contributed by atoms with Gasteiger partial charge in [0, 0.05) is 14.2 Å². The molecular weight excluding hydrogens is 131 g/mol. The maximum absolute atomic E-state index is 9.11. The summed E-state index contributed by atoms with van der Waals surface area (Å²) < 4.78 is 15.3. The molecule has 0 aromatic rings. The summed E-state index contributed by atoms with van der Waals surface area (Å²) in [5.41, 5.74) is 0. The van der Waals surface area contributed by atoms with Gasteiger partial charge in [0.2, 0.25) is 0 Å². The first-order chi connectivity index (χ1) is 4.54. The standard InChI is InChI=1S/C3H9BO2.C2H4O.CH4/c1-4(5-2)6-3;1-2-3;/h1-3H3;2H,1H3;1H4/i;2T;. The van der Waals surface area contributed by atoms with E-state index in [1.165, 1.54) is 6.92 Å². The number of aldehydes is 1. The van der Waals surface area contributed by atoms with Crippen LogP contribution < -0.4 is 0 Å². The van der Waals surface area contributed by atoms with Gasteiger partial charge in [-0.2, -0.15) is 0 Å². The van der Waals surface area contributed by atoms with Gasteiger partial charge in [0.05, 0.1) is 0 Å². The number of rotatable bonds is 2. The maximum atomic E-state index is 9.11. The molecule has 62 valence electrons. The molecule has 0 aromatic heterocycles. The Bertz CT molecular complexity index is 81.9. The molecule has 0 radical (unpaired) electrons. The zero-order valence-corrected chi connectivity index (χ0v) is 6.30. The van der Waals surface area contributed by atoms with Crippen molar-refractivity contribution < 1.29 is 15.5 Å². The van der Waals surface area contributed by atoms with Crippen LogP contribution in [0.3, 0.4) is 0 Å². The highest BCUT2D eigenvalue weighted by atomic mass is 16.6. The van der Waals surface area contributed by atoms with Gasteiger partial charge in [-0.15, -0.1) is 0 Å². The van der Waals surface area contributed by atoms with Crippen molar-refractivity contribution in [1.82, 2.24) is 0 Å². The van der Waals surface area contributed by atoms with Gasteiger partial charge in [-0.3, -0.25) is 0 Å². The van der Waals surface area contributed by atoms with E-state index in [4.69, 9.17) is 6.17 Å². The van der Waals surface area contributed by atoms with Crippen LogP contribution in [0.2, 0.25) is 6.82 Å². The van der Waals surface area contributed by atoms with Crippen LogP contribution >= 0.6 is 0 Å². The predicted molar refractivity (Wildman–Crippen MR) is 44.1 cm³/mol. The van der Waals surface area contributed by atoms with Gasteiger partial charge in [-0.05, 0) is 13.7 Å². The molecule has 0 aromatic carbocycles. The fourth-order valence-electron chi connectivity index (χ4n) is 0.0962. The van der Waals surface area contributed by atoms with E-state index in [-0.39, 0.29) is 14.5 Å². The van der Waals surface area contributed by atoms with Gasteiger partial charge in [0.25, 0.3) is 0 Å². The second kappa shape index (κ2) is 15.9. The van der Waals surface area contributed by atoms with Crippen LogP contribution in [0.5, 0.6) is 0 Å². The molecule has 0 aliphatic rings. The zero-order valence-electron chi connectivity index (χ0n) is 7.30. The largest absolute Gasteiger partial charge is 0.453 e. The minimum atomic E-state index is -0.583. The van der Waals surface area contributed by atoms with Crippen molar-refractivity contribution in [3.63, 3.8) is 0 Å². The van der Waals surface area contributed by atoms with Crippen LogP contribution in [-0.4, -0.2) is 27.6 Å². The van der Waals surface area contributed by atoms with Gasteiger partial charge in [-0.1, -0.05) is 7.43 Å². The Balaban J connectivity index is -0.000000114. The highest BCUT2D eigenvalue weighted by Gasteiger charge is 2.00. The van der Waals surface area contributed by atoms with Gasteiger partial charge in [0.15, 0.2) is 0 Å². The molecule has 0 aliphatic carbocycles. The molecule has 4 heteroatoms. The zero-order chi connectivity index (χ0) is 8.57. The van der Waals surface area contributed by atoms with Crippen molar-refractivity contribution in [2.45, 2.75) is 21.2 Å². The van der Waals surface area contributed by atoms with Gasteiger partial charge in [0.1, 0.15) is 7.63 Å². The average molecular weight is 150 g/mol. The molecule has 10 heavy (non-hydrogen) atoms. The molecule has 0 rings (SSSR count). The highest BCUT2D eigenvalue weighted by Crippen LogP contribution is 1.77. The molecule has 0 heterocycles. The summed E-state index contributed by atoms with van der Waals surface area (Å²) in [5.74, 6) is 0. The van der Waals surface area contributed by atoms with E-state index >= 15 is 0 Å². The first-order valence-electron chi connectivity index (χ1n) is 3.07. The summed E-state index contributed by atoms with van der Waals surface area (Å²) in [6.07, 6.45) is -0.583. The summed E-state index contributed by atoms with van der Waals surface area (Å²) in [6.45, 7) is 3.03. The van der Waals surface area contributed by atoms with E-state index in [0.29, 0.717) is 0 Å². The Labute approximate surface area is 65.3 Å². The van der Waals surface area contributed by atoms with Crippen molar-refractivity contribution >= 4 is 13.4 Å². The van der Waals surface area contributed by atoms with Gasteiger partial charge >= 0.3 is 7.12 Å². The fraction of sp³-hybridized carbons (Fsp3) is 0.833. The third kappa shape index (κ3) is 25.4. The third-order valence-corrected chi connectivity index (χ3v) is 0.664. The van der Waals surface area contributed by atoms with E-state index in [0.717, 1.165) is 0 Å². The summed E-state index contributed by atoms with van der Waals surface area (Å²) in [7, 11) is 3.15. The molecule has 0 spiro atoms. The quantitative estimate of drug-likeness (QED) is 0.438. The monoisotopic (exact) mass is 150 g/mol. The number of carbonyl (C=O) groups excluding carboxylic acids is 1. The van der Waals surface area contributed by atoms with Crippen LogP contribution in [-0.2, 0) is 14.1 Å². The lowest BCUT2D eigenvalue weighted by molar-refractivity contribution is -0.106. The normalized spacial score (nSPS) is 7.80. The molecule has 0 saturated heterocycles. The summed E-state index contributed by atoms with van der Waals surface area (Å²) in [5, 5.41) is 0. The SMILES string of the molecule is C.COB(C)OC.[3H]C(C)=O. The fourth-order valence-corrected chi connectivity index (χ4v) is 0.0962. The van der Waals surface area contributed by atoms with Crippen molar-refractivity contribution in [3.05, 3.63) is 0 Å². The lowest BCUT2D eigenvalue weighted by Gasteiger charge is -1.97. The van der Waals surface area contributed by atoms with Gasteiger partial charge < -0.3 is 14.1 Å². The molecule has 0 bridgehead atoms. The van der Waals surface area contributed by atoms with E-state index in [1.807, 2.05) is 6.82 Å². The Morgan fingerprint density at radius 3 is 1.70 bits per heavy atom. The van der Waals surface area contributed by atoms with Crippen LogP contribution in [0.25, 0.3) is 0 Å². The Morgan fingerprint density at radius 1 is 1.50 bits per heavy atom. The predicted octanol–water partition coefficient (Wildman–Crippen LogP) is 1.24. The van der Waals surface area contributed by atoms with Crippen molar-refractivity contribution in [1.29, 1.82) is 0 Å². The summed E-state index contributed by atoms with van der Waals surface area (Å²) >= 11 is 0. The van der Waals surface area contributed by atoms with Crippen molar-refractivity contribution in [2.24, 2.45) is 0 Å². The highest BCUT2D eigenvalue weighted by molar-refractivity contribution is 6.42. The van der Waals surface area contributed by atoms with Crippen LogP contribution in [0.15, 0.2) is 0 Å². The Morgan fingerprint density at radius 2 is 1.70 bits per heavy atom. The Hall–Kier alpha value is -0.345. The lowest BCUT2D eigenvalue weighted by atomic mass is 9.96. The van der Waals surface area contributed by atoms with E-state index in [9.17, 15) is 0 Å². The van der Waals surface area contributed by atoms with Crippen LogP contribution in [0, 0.1) is 0 Å². The summed E-state index contributed by atoms with van der Waals surface area (Å²) in [4.78, 5) is 9.11. The summed E-state index contributed by atoms with van der Waals surface area (Å²) in [6, 6.07) is 0. The Kier molecular flexibility index (Phi) is 19.6. The van der Waals surface area contributed by atoms with E-state index in [1.54, 1.807) is 14.2 Å². The second-order valence-electron chi connectivity index (χ2n) is 1.24. The number of hydrogen-bond acceptors (Lipinski definition) is 3. The molecule has 0 aliphatic heterocycles. The first-order valence-corrected chi connectivity index (χ1v) is 2.57. The number of hydrogen-bond donors (Lipinski definition) is 0. The van der Waals surface area contributed by atoms with E-state index < -0.39 is 6.26 Å². The second-order valence-corrected chi connectivity index (χ2v) is 1.24. The van der Waals surface area contributed by atoms with Crippen LogP contribution in [0.1, 0.15) is 15.7 Å². The molecule has 0 amide bonds. The minimum absolute atomic E-state index is 0. The smallest absolute Gasteiger partial charge is 0.414 e. The van der Waals surface area contributed by atoms with Crippen molar-refractivity contribution in [2.75, 3.05) is 14.2 Å². The van der Waals surface area contributed by atoms with Crippen LogP contribution in [0.4, 0.5) is 0 Å². The van der Waals surface area contributed by atoms with Crippen molar-refractivity contribution in [3.8, 4) is 0 Å². The minimum Gasteiger partial charge on any atom is -0.414 e. The molecule has 0 atom stereocenters. The maximum Gasteiger partial charge on any atom is 0.453 e. The molecule has 0 fully saturated rings. The van der Waals surface area contributed by atoms with Gasteiger partial charge in [-0.25, -0.2) is 0 Å². The lowest BCUT2D eigenvalue weighted by Crippen LogP contribution is -2.12. The van der Waals surface area contributed by atoms with E-state index in [2.05, 4.69) is 9.31 Å².